The molecule has 1 aromatic rings. The zero-order valence-electron chi connectivity index (χ0n) is 10.6. The number of amides is 2. The standard InChI is InChI=1S/C13H18Cl2N2O2/c14-11-5-4-10(12(15)9-11)3-1-6-16-13(19)17-7-2-8-18/h4-5,9,18H,1-3,6-8H2,(H2,16,17,19). The van der Waals surface area contributed by atoms with Crippen molar-refractivity contribution in [1.82, 2.24) is 10.6 Å². The van der Waals surface area contributed by atoms with Gasteiger partial charge in [0.25, 0.3) is 0 Å². The molecule has 0 atom stereocenters. The number of hydrogen-bond donors (Lipinski definition) is 3. The van der Waals surface area contributed by atoms with E-state index in [2.05, 4.69) is 10.6 Å². The van der Waals surface area contributed by atoms with Crippen molar-refractivity contribution in [3.63, 3.8) is 0 Å². The van der Waals surface area contributed by atoms with E-state index in [0.717, 1.165) is 18.4 Å². The fraction of sp³-hybridized carbons (Fsp3) is 0.462. The second-order valence-electron chi connectivity index (χ2n) is 4.10. The van der Waals surface area contributed by atoms with Gasteiger partial charge < -0.3 is 15.7 Å². The molecule has 0 fully saturated rings. The second kappa shape index (κ2) is 9.02. The van der Waals surface area contributed by atoms with Crippen LogP contribution in [0.1, 0.15) is 18.4 Å². The largest absolute Gasteiger partial charge is 0.396 e. The summed E-state index contributed by atoms with van der Waals surface area (Å²) in [7, 11) is 0. The molecule has 19 heavy (non-hydrogen) atoms. The predicted molar refractivity (Wildman–Crippen MR) is 77.9 cm³/mol. The van der Waals surface area contributed by atoms with E-state index < -0.39 is 0 Å². The fourth-order valence-electron chi connectivity index (χ4n) is 1.55. The number of benzene rings is 1. The summed E-state index contributed by atoms with van der Waals surface area (Å²) >= 11 is 11.9. The van der Waals surface area contributed by atoms with Crippen LogP contribution in [0.25, 0.3) is 0 Å². The van der Waals surface area contributed by atoms with Crippen molar-refractivity contribution in [2.24, 2.45) is 0 Å². The third kappa shape index (κ3) is 6.66. The minimum Gasteiger partial charge on any atom is -0.396 e. The summed E-state index contributed by atoms with van der Waals surface area (Å²) < 4.78 is 0. The third-order valence-corrected chi connectivity index (χ3v) is 3.13. The number of urea groups is 1. The van der Waals surface area contributed by atoms with Crippen LogP contribution in [0.5, 0.6) is 0 Å². The Kier molecular flexibility index (Phi) is 7.63. The molecule has 1 rings (SSSR count). The lowest BCUT2D eigenvalue weighted by molar-refractivity contribution is 0.238. The van der Waals surface area contributed by atoms with Crippen molar-refractivity contribution in [2.45, 2.75) is 19.3 Å². The summed E-state index contributed by atoms with van der Waals surface area (Å²) in [4.78, 5) is 11.3. The Bertz CT molecular complexity index is 414. The lowest BCUT2D eigenvalue weighted by atomic mass is 10.1. The molecule has 4 nitrogen and oxygen atoms in total. The quantitative estimate of drug-likeness (QED) is 0.678. The van der Waals surface area contributed by atoms with Crippen molar-refractivity contribution in [2.75, 3.05) is 19.7 Å². The van der Waals surface area contributed by atoms with Gasteiger partial charge in [0, 0.05) is 29.7 Å². The molecule has 3 N–H and O–H groups in total. The maximum Gasteiger partial charge on any atom is 0.314 e. The van der Waals surface area contributed by atoms with Crippen LogP contribution in [-0.2, 0) is 6.42 Å². The van der Waals surface area contributed by atoms with E-state index in [1.807, 2.05) is 6.07 Å². The lowest BCUT2D eigenvalue weighted by Crippen LogP contribution is -2.36. The first-order chi connectivity index (χ1) is 9.13. The van der Waals surface area contributed by atoms with Gasteiger partial charge in [-0.25, -0.2) is 4.79 Å². The number of aryl methyl sites for hydroxylation is 1. The molecule has 0 aliphatic carbocycles. The molecular formula is C13H18Cl2N2O2. The monoisotopic (exact) mass is 304 g/mol. The molecule has 1 aromatic carbocycles. The average molecular weight is 305 g/mol. The Hall–Kier alpha value is -0.970. The van der Waals surface area contributed by atoms with Crippen molar-refractivity contribution in [1.29, 1.82) is 0 Å². The number of nitrogens with one attached hydrogen (secondary N) is 2. The third-order valence-electron chi connectivity index (χ3n) is 2.54. The normalized spacial score (nSPS) is 10.3. The highest BCUT2D eigenvalue weighted by Gasteiger charge is 2.02. The number of carbonyl (C=O) groups excluding carboxylic acids is 1. The molecule has 2 amide bonds. The molecule has 0 saturated heterocycles. The summed E-state index contributed by atoms with van der Waals surface area (Å²) in [6.45, 7) is 1.13. The van der Waals surface area contributed by atoms with E-state index in [9.17, 15) is 4.79 Å². The summed E-state index contributed by atoms with van der Waals surface area (Å²) in [6, 6.07) is 5.20. The summed E-state index contributed by atoms with van der Waals surface area (Å²) in [5.74, 6) is 0. The smallest absolute Gasteiger partial charge is 0.314 e. The van der Waals surface area contributed by atoms with Crippen molar-refractivity contribution < 1.29 is 9.90 Å². The highest BCUT2D eigenvalue weighted by atomic mass is 35.5. The minimum absolute atomic E-state index is 0.0787. The Morgan fingerprint density at radius 3 is 2.47 bits per heavy atom. The molecule has 0 spiro atoms. The van der Waals surface area contributed by atoms with Gasteiger partial charge in [-0.3, -0.25) is 0 Å². The van der Waals surface area contributed by atoms with E-state index in [-0.39, 0.29) is 12.6 Å². The first kappa shape index (κ1) is 16.1. The van der Waals surface area contributed by atoms with Crippen molar-refractivity contribution in [3.8, 4) is 0 Å². The molecule has 0 bridgehead atoms. The number of carbonyl (C=O) groups is 1. The topological polar surface area (TPSA) is 61.4 Å². The molecular weight excluding hydrogens is 287 g/mol. The van der Waals surface area contributed by atoms with Gasteiger partial charge >= 0.3 is 6.03 Å². The van der Waals surface area contributed by atoms with Crippen LogP contribution in [0.2, 0.25) is 10.0 Å². The van der Waals surface area contributed by atoms with Crippen LogP contribution in [0.3, 0.4) is 0 Å². The fourth-order valence-corrected chi connectivity index (χ4v) is 2.05. The van der Waals surface area contributed by atoms with Crippen LogP contribution in [-0.4, -0.2) is 30.8 Å². The van der Waals surface area contributed by atoms with Gasteiger partial charge in [-0.1, -0.05) is 29.3 Å². The molecule has 0 heterocycles. The van der Waals surface area contributed by atoms with Gasteiger partial charge in [-0.2, -0.15) is 0 Å². The van der Waals surface area contributed by atoms with Gasteiger partial charge in [0.05, 0.1) is 0 Å². The zero-order valence-corrected chi connectivity index (χ0v) is 12.1. The molecule has 6 heteroatoms. The Balaban J connectivity index is 2.18. The molecule has 0 aliphatic rings. The van der Waals surface area contributed by atoms with Gasteiger partial charge in [0.1, 0.15) is 0 Å². The Labute approximate surface area is 123 Å². The van der Waals surface area contributed by atoms with E-state index >= 15 is 0 Å². The Morgan fingerprint density at radius 1 is 1.16 bits per heavy atom. The molecule has 0 unspecified atom stereocenters. The maximum atomic E-state index is 11.3. The predicted octanol–water partition coefficient (Wildman–Crippen LogP) is 2.61. The van der Waals surface area contributed by atoms with Crippen LogP contribution in [0.15, 0.2) is 18.2 Å². The number of aliphatic hydroxyl groups excluding tert-OH is 1. The SMILES string of the molecule is O=C(NCCCO)NCCCc1ccc(Cl)cc1Cl. The van der Waals surface area contributed by atoms with Crippen LogP contribution in [0.4, 0.5) is 4.79 Å². The van der Waals surface area contributed by atoms with Gasteiger partial charge in [-0.05, 0) is 37.0 Å². The number of rotatable bonds is 7. The molecule has 0 radical (unpaired) electrons. The van der Waals surface area contributed by atoms with Gasteiger partial charge in [0.2, 0.25) is 0 Å². The van der Waals surface area contributed by atoms with Crippen LogP contribution < -0.4 is 10.6 Å². The number of hydrogen-bond acceptors (Lipinski definition) is 2. The first-order valence-corrected chi connectivity index (χ1v) is 6.95. The summed E-state index contributed by atoms with van der Waals surface area (Å²) in [5, 5.41) is 15.2. The maximum absolute atomic E-state index is 11.3. The molecule has 0 aliphatic heterocycles. The van der Waals surface area contributed by atoms with Crippen LogP contribution in [0, 0.1) is 0 Å². The van der Waals surface area contributed by atoms with Crippen molar-refractivity contribution in [3.05, 3.63) is 33.8 Å². The lowest BCUT2D eigenvalue weighted by Gasteiger charge is -2.08. The van der Waals surface area contributed by atoms with Crippen molar-refractivity contribution >= 4 is 29.2 Å². The first-order valence-electron chi connectivity index (χ1n) is 6.20. The van der Waals surface area contributed by atoms with E-state index in [1.165, 1.54) is 0 Å². The minimum atomic E-state index is -0.212. The zero-order chi connectivity index (χ0) is 14.1. The molecule has 0 saturated carbocycles. The van der Waals surface area contributed by atoms with Gasteiger partial charge in [-0.15, -0.1) is 0 Å². The highest BCUT2D eigenvalue weighted by Crippen LogP contribution is 2.21. The van der Waals surface area contributed by atoms with E-state index in [1.54, 1.807) is 12.1 Å². The average Bonchev–Trinajstić information content (AvgIpc) is 2.37. The second-order valence-corrected chi connectivity index (χ2v) is 4.94. The van der Waals surface area contributed by atoms with E-state index in [0.29, 0.717) is 29.6 Å². The van der Waals surface area contributed by atoms with E-state index in [4.69, 9.17) is 28.3 Å². The molecule has 106 valence electrons. The van der Waals surface area contributed by atoms with Gasteiger partial charge in [0.15, 0.2) is 0 Å². The summed E-state index contributed by atoms with van der Waals surface area (Å²) in [5.41, 5.74) is 1.02. The molecule has 0 aromatic heterocycles. The number of aliphatic hydroxyl groups is 1. The highest BCUT2D eigenvalue weighted by molar-refractivity contribution is 6.35. The Morgan fingerprint density at radius 2 is 1.84 bits per heavy atom. The van der Waals surface area contributed by atoms with Crippen LogP contribution >= 0.6 is 23.2 Å². The number of halogens is 2. The summed E-state index contributed by atoms with van der Waals surface area (Å²) in [6.07, 6.45) is 2.15.